The average molecular weight is 296 g/mol. The van der Waals surface area contributed by atoms with Crippen molar-refractivity contribution in [2.75, 3.05) is 6.79 Å². The Balaban J connectivity index is 1.65. The Labute approximate surface area is 121 Å². The Morgan fingerprint density at radius 3 is 2.89 bits per heavy atom. The number of fused-ring (bicyclic) bond motifs is 1. The third-order valence-corrected chi connectivity index (χ3v) is 4.34. The lowest BCUT2D eigenvalue weighted by molar-refractivity contribution is 0.174. The molecule has 0 radical (unpaired) electrons. The van der Waals surface area contributed by atoms with E-state index in [2.05, 4.69) is 18.3 Å². The van der Waals surface area contributed by atoms with Crippen LogP contribution in [0.1, 0.15) is 23.4 Å². The highest BCUT2D eigenvalue weighted by Gasteiger charge is 2.15. The van der Waals surface area contributed by atoms with Crippen LogP contribution in [0, 0.1) is 0 Å². The number of thiophene rings is 1. The minimum Gasteiger partial charge on any atom is -0.454 e. The normalized spacial score (nSPS) is 14.6. The number of ether oxygens (including phenoxy) is 2. The molecule has 1 aliphatic heterocycles. The van der Waals surface area contributed by atoms with E-state index in [0.29, 0.717) is 6.79 Å². The second kappa shape index (κ2) is 5.41. The number of hydrogen-bond acceptors (Lipinski definition) is 4. The molecule has 1 aromatic carbocycles. The molecule has 0 aliphatic carbocycles. The molecule has 19 heavy (non-hydrogen) atoms. The quantitative estimate of drug-likeness (QED) is 0.925. The lowest BCUT2D eigenvalue weighted by Crippen LogP contribution is -2.17. The van der Waals surface area contributed by atoms with Crippen molar-refractivity contribution < 1.29 is 9.47 Å². The van der Waals surface area contributed by atoms with Crippen LogP contribution >= 0.6 is 22.9 Å². The Hall–Kier alpha value is -1.23. The first-order valence-corrected chi connectivity index (χ1v) is 7.29. The van der Waals surface area contributed by atoms with Gasteiger partial charge in [-0.2, -0.15) is 0 Å². The molecule has 3 rings (SSSR count). The Kier molecular flexibility index (Phi) is 3.64. The monoisotopic (exact) mass is 295 g/mol. The highest BCUT2D eigenvalue weighted by Crippen LogP contribution is 2.34. The highest BCUT2D eigenvalue weighted by atomic mass is 35.5. The third kappa shape index (κ3) is 2.86. The lowest BCUT2D eigenvalue weighted by Gasteiger charge is -2.14. The maximum Gasteiger partial charge on any atom is 0.231 e. The Morgan fingerprint density at radius 2 is 2.11 bits per heavy atom. The SMILES string of the molecule is CC(NCc1ccc(Cl)s1)c1ccc2c(c1)OCO2. The van der Waals surface area contributed by atoms with Crippen molar-refractivity contribution in [2.24, 2.45) is 0 Å². The number of halogens is 1. The molecule has 0 saturated heterocycles. The molecule has 2 heterocycles. The van der Waals surface area contributed by atoms with E-state index in [-0.39, 0.29) is 6.04 Å². The van der Waals surface area contributed by atoms with Gasteiger partial charge in [-0.1, -0.05) is 17.7 Å². The molecule has 0 spiro atoms. The molecule has 1 atom stereocenters. The van der Waals surface area contributed by atoms with Gasteiger partial charge >= 0.3 is 0 Å². The molecule has 1 aromatic heterocycles. The predicted octanol–water partition coefficient (Wildman–Crippen LogP) is 3.98. The highest BCUT2D eigenvalue weighted by molar-refractivity contribution is 7.16. The maximum absolute atomic E-state index is 5.92. The Bertz CT molecular complexity index is 585. The number of rotatable bonds is 4. The molecule has 1 N–H and O–H groups in total. The van der Waals surface area contributed by atoms with Crippen LogP contribution in [0.4, 0.5) is 0 Å². The zero-order valence-electron chi connectivity index (χ0n) is 10.5. The smallest absolute Gasteiger partial charge is 0.231 e. The van der Waals surface area contributed by atoms with E-state index in [0.717, 1.165) is 22.4 Å². The van der Waals surface area contributed by atoms with Crippen molar-refractivity contribution in [1.82, 2.24) is 5.32 Å². The molecule has 0 fully saturated rings. The summed E-state index contributed by atoms with van der Waals surface area (Å²) in [5.41, 5.74) is 1.19. The van der Waals surface area contributed by atoms with Gasteiger partial charge in [-0.15, -0.1) is 11.3 Å². The van der Waals surface area contributed by atoms with Gasteiger partial charge in [0.15, 0.2) is 11.5 Å². The van der Waals surface area contributed by atoms with E-state index >= 15 is 0 Å². The van der Waals surface area contributed by atoms with Crippen LogP contribution in [-0.4, -0.2) is 6.79 Å². The summed E-state index contributed by atoms with van der Waals surface area (Å²) < 4.78 is 11.5. The first-order valence-electron chi connectivity index (χ1n) is 6.09. The van der Waals surface area contributed by atoms with Gasteiger partial charge in [-0.05, 0) is 36.8 Å². The van der Waals surface area contributed by atoms with Crippen LogP contribution in [0.25, 0.3) is 0 Å². The second-order valence-electron chi connectivity index (χ2n) is 4.42. The van der Waals surface area contributed by atoms with E-state index < -0.39 is 0 Å². The van der Waals surface area contributed by atoms with Gasteiger partial charge in [0.2, 0.25) is 6.79 Å². The average Bonchev–Trinajstić information content (AvgIpc) is 3.03. The lowest BCUT2D eigenvalue weighted by atomic mass is 10.1. The summed E-state index contributed by atoms with van der Waals surface area (Å²) in [6, 6.07) is 10.3. The first kappa shape index (κ1) is 12.8. The first-order chi connectivity index (χ1) is 9.22. The summed E-state index contributed by atoms with van der Waals surface area (Å²) in [6.07, 6.45) is 0. The molecule has 0 amide bonds. The predicted molar refractivity (Wildman–Crippen MR) is 77.1 cm³/mol. The molecule has 0 saturated carbocycles. The molecule has 0 bridgehead atoms. The van der Waals surface area contributed by atoms with Crippen LogP contribution in [0.15, 0.2) is 30.3 Å². The van der Waals surface area contributed by atoms with Crippen molar-refractivity contribution in [2.45, 2.75) is 19.5 Å². The largest absolute Gasteiger partial charge is 0.454 e. The van der Waals surface area contributed by atoms with Gasteiger partial charge in [0.1, 0.15) is 0 Å². The maximum atomic E-state index is 5.92. The van der Waals surface area contributed by atoms with Gasteiger partial charge < -0.3 is 14.8 Å². The van der Waals surface area contributed by atoms with Crippen molar-refractivity contribution in [3.63, 3.8) is 0 Å². The van der Waals surface area contributed by atoms with Crippen molar-refractivity contribution >= 4 is 22.9 Å². The fourth-order valence-electron chi connectivity index (χ4n) is 2.00. The second-order valence-corrected chi connectivity index (χ2v) is 6.22. The fraction of sp³-hybridized carbons (Fsp3) is 0.286. The minimum atomic E-state index is 0.246. The zero-order valence-corrected chi connectivity index (χ0v) is 12.1. The molecule has 2 aromatic rings. The van der Waals surface area contributed by atoms with Crippen LogP contribution in [-0.2, 0) is 6.54 Å². The van der Waals surface area contributed by atoms with E-state index in [1.54, 1.807) is 11.3 Å². The summed E-state index contributed by atoms with van der Waals surface area (Å²) in [4.78, 5) is 1.23. The summed E-state index contributed by atoms with van der Waals surface area (Å²) in [5, 5.41) is 3.48. The van der Waals surface area contributed by atoms with Crippen LogP contribution < -0.4 is 14.8 Å². The van der Waals surface area contributed by atoms with Crippen LogP contribution in [0.2, 0.25) is 4.34 Å². The van der Waals surface area contributed by atoms with E-state index in [9.17, 15) is 0 Å². The summed E-state index contributed by atoms with van der Waals surface area (Å²) >= 11 is 7.52. The molecule has 1 aliphatic rings. The number of benzene rings is 1. The topological polar surface area (TPSA) is 30.5 Å². The van der Waals surface area contributed by atoms with Crippen LogP contribution in [0.3, 0.4) is 0 Å². The van der Waals surface area contributed by atoms with Crippen molar-refractivity contribution in [3.8, 4) is 11.5 Å². The Morgan fingerprint density at radius 1 is 1.26 bits per heavy atom. The van der Waals surface area contributed by atoms with Gasteiger partial charge in [-0.3, -0.25) is 0 Å². The molecular weight excluding hydrogens is 282 g/mol. The van der Waals surface area contributed by atoms with Gasteiger partial charge in [0.25, 0.3) is 0 Å². The van der Waals surface area contributed by atoms with Gasteiger partial charge in [0, 0.05) is 17.5 Å². The summed E-state index contributed by atoms with van der Waals surface area (Å²) in [7, 11) is 0. The number of hydrogen-bond donors (Lipinski definition) is 1. The number of nitrogens with one attached hydrogen (secondary N) is 1. The van der Waals surface area contributed by atoms with Gasteiger partial charge in [-0.25, -0.2) is 0 Å². The van der Waals surface area contributed by atoms with Crippen LogP contribution in [0.5, 0.6) is 11.5 Å². The standard InChI is InChI=1S/C14H14ClNO2S/c1-9(16-7-11-3-5-14(15)19-11)10-2-4-12-13(6-10)18-8-17-12/h2-6,9,16H,7-8H2,1H3. The fourth-order valence-corrected chi connectivity index (χ4v) is 3.04. The molecule has 100 valence electrons. The minimum absolute atomic E-state index is 0.246. The van der Waals surface area contributed by atoms with Crippen molar-refractivity contribution in [3.05, 3.63) is 45.1 Å². The third-order valence-electron chi connectivity index (χ3n) is 3.11. The summed E-state index contributed by atoms with van der Waals surface area (Å²) in [6.45, 7) is 3.26. The zero-order chi connectivity index (χ0) is 13.2. The summed E-state index contributed by atoms with van der Waals surface area (Å²) in [5.74, 6) is 1.64. The van der Waals surface area contributed by atoms with E-state index in [1.807, 2.05) is 24.3 Å². The van der Waals surface area contributed by atoms with Gasteiger partial charge in [0.05, 0.1) is 4.34 Å². The molecular formula is C14H14ClNO2S. The van der Waals surface area contributed by atoms with E-state index in [4.69, 9.17) is 21.1 Å². The van der Waals surface area contributed by atoms with Crippen molar-refractivity contribution in [1.29, 1.82) is 0 Å². The molecule has 5 heteroatoms. The molecule has 1 unspecified atom stereocenters. The van der Waals surface area contributed by atoms with E-state index in [1.165, 1.54) is 10.4 Å². The molecule has 3 nitrogen and oxygen atoms in total.